The Kier molecular flexibility index (Phi) is 5.00. The number of rotatable bonds is 6. The van der Waals surface area contributed by atoms with Crippen molar-refractivity contribution in [3.63, 3.8) is 0 Å². The second kappa shape index (κ2) is 6.95. The summed E-state index contributed by atoms with van der Waals surface area (Å²) in [6.45, 7) is 4.01. The Bertz CT molecular complexity index is 560. The van der Waals surface area contributed by atoms with Gasteiger partial charge in [0.15, 0.2) is 0 Å². The summed E-state index contributed by atoms with van der Waals surface area (Å²) in [6.07, 6.45) is 2.24. The minimum atomic E-state index is -0.781. The van der Waals surface area contributed by atoms with Gasteiger partial charge in [-0.1, -0.05) is 0 Å². The van der Waals surface area contributed by atoms with Gasteiger partial charge in [-0.15, -0.1) is 0 Å². The summed E-state index contributed by atoms with van der Waals surface area (Å²) in [4.78, 5) is 12.0. The van der Waals surface area contributed by atoms with Crippen LogP contribution in [0.3, 0.4) is 0 Å². The average Bonchev–Trinajstić information content (AvgIpc) is 2.99. The number of ether oxygens (including phenoxy) is 1. The second-order valence-electron chi connectivity index (χ2n) is 4.97. The number of amides is 1. The van der Waals surface area contributed by atoms with Gasteiger partial charge in [0.05, 0.1) is 24.7 Å². The van der Waals surface area contributed by atoms with Crippen LogP contribution >= 0.6 is 0 Å². The molecule has 1 heterocycles. The van der Waals surface area contributed by atoms with E-state index in [0.29, 0.717) is 11.1 Å². The Labute approximate surface area is 123 Å². The lowest BCUT2D eigenvalue weighted by Gasteiger charge is -2.11. The van der Waals surface area contributed by atoms with Gasteiger partial charge in [-0.2, -0.15) is 0 Å². The van der Waals surface area contributed by atoms with Crippen LogP contribution in [-0.2, 0) is 0 Å². The molecule has 5 heteroatoms. The quantitative estimate of drug-likeness (QED) is 0.857. The second-order valence-corrected chi connectivity index (χ2v) is 4.97. The Hall–Kier alpha value is -2.27. The van der Waals surface area contributed by atoms with Crippen molar-refractivity contribution in [2.24, 2.45) is 0 Å². The van der Waals surface area contributed by atoms with E-state index in [0.717, 1.165) is 5.75 Å². The first-order chi connectivity index (χ1) is 10.1. The van der Waals surface area contributed by atoms with E-state index < -0.39 is 6.10 Å². The van der Waals surface area contributed by atoms with Crippen LogP contribution < -0.4 is 10.1 Å². The van der Waals surface area contributed by atoms with Gasteiger partial charge in [-0.3, -0.25) is 4.79 Å². The van der Waals surface area contributed by atoms with Crippen molar-refractivity contribution >= 4 is 5.91 Å². The highest BCUT2D eigenvalue weighted by Gasteiger charge is 2.12. The zero-order valence-electron chi connectivity index (χ0n) is 12.1. The molecule has 0 radical (unpaired) electrons. The third kappa shape index (κ3) is 4.36. The van der Waals surface area contributed by atoms with Crippen LogP contribution in [0.4, 0.5) is 0 Å². The number of carbonyl (C=O) groups is 1. The first kappa shape index (κ1) is 15.1. The maximum Gasteiger partial charge on any atom is 0.251 e. The molecule has 1 amide bonds. The first-order valence-corrected chi connectivity index (χ1v) is 6.81. The van der Waals surface area contributed by atoms with E-state index >= 15 is 0 Å². The zero-order chi connectivity index (χ0) is 15.2. The van der Waals surface area contributed by atoms with Gasteiger partial charge in [0.2, 0.25) is 0 Å². The zero-order valence-corrected chi connectivity index (χ0v) is 12.1. The number of hydrogen-bond acceptors (Lipinski definition) is 4. The molecule has 21 heavy (non-hydrogen) atoms. The summed E-state index contributed by atoms with van der Waals surface area (Å²) in [5, 5.41) is 12.5. The molecule has 1 unspecified atom stereocenters. The smallest absolute Gasteiger partial charge is 0.251 e. The third-order valence-corrected chi connectivity index (χ3v) is 2.87. The van der Waals surface area contributed by atoms with Crippen LogP contribution in [0, 0.1) is 0 Å². The molecule has 0 saturated heterocycles. The molecule has 1 aromatic carbocycles. The summed E-state index contributed by atoms with van der Waals surface area (Å²) in [6, 6.07) is 8.55. The molecular weight excluding hydrogens is 270 g/mol. The van der Waals surface area contributed by atoms with Crippen molar-refractivity contribution in [2.75, 3.05) is 6.54 Å². The lowest BCUT2D eigenvalue weighted by molar-refractivity contribution is 0.0916. The summed E-state index contributed by atoms with van der Waals surface area (Å²) in [7, 11) is 0. The van der Waals surface area contributed by atoms with E-state index in [9.17, 15) is 9.90 Å². The molecule has 0 aliphatic carbocycles. The minimum absolute atomic E-state index is 0.0924. The Morgan fingerprint density at radius 1 is 1.29 bits per heavy atom. The number of nitrogens with one attached hydrogen (secondary N) is 1. The van der Waals surface area contributed by atoms with E-state index in [1.807, 2.05) is 13.8 Å². The molecule has 112 valence electrons. The highest BCUT2D eigenvalue weighted by molar-refractivity contribution is 5.94. The highest BCUT2D eigenvalue weighted by Crippen LogP contribution is 2.15. The number of hydrogen-bond donors (Lipinski definition) is 2. The van der Waals surface area contributed by atoms with E-state index in [1.54, 1.807) is 30.3 Å². The van der Waals surface area contributed by atoms with Crippen LogP contribution in [0.1, 0.15) is 35.9 Å². The Morgan fingerprint density at radius 2 is 2.00 bits per heavy atom. The van der Waals surface area contributed by atoms with Gasteiger partial charge < -0.3 is 19.6 Å². The monoisotopic (exact) mass is 289 g/mol. The highest BCUT2D eigenvalue weighted by atomic mass is 16.5. The average molecular weight is 289 g/mol. The molecule has 0 aliphatic heterocycles. The SMILES string of the molecule is CC(C)Oc1ccc(C(=O)NCC(O)c2ccoc2)cc1. The molecule has 0 aliphatic rings. The van der Waals surface area contributed by atoms with Crippen LogP contribution in [0.5, 0.6) is 5.75 Å². The van der Waals surface area contributed by atoms with Gasteiger partial charge in [0, 0.05) is 17.7 Å². The molecular formula is C16H19NO4. The summed E-state index contributed by atoms with van der Waals surface area (Å²) >= 11 is 0. The molecule has 0 bridgehead atoms. The van der Waals surface area contributed by atoms with E-state index in [-0.39, 0.29) is 18.6 Å². The number of aliphatic hydroxyl groups excluding tert-OH is 1. The summed E-state index contributed by atoms with van der Waals surface area (Å²) in [5.41, 5.74) is 1.15. The third-order valence-electron chi connectivity index (χ3n) is 2.87. The van der Waals surface area contributed by atoms with E-state index in [1.165, 1.54) is 12.5 Å². The minimum Gasteiger partial charge on any atom is -0.491 e. The molecule has 1 aromatic heterocycles. The predicted molar refractivity (Wildman–Crippen MR) is 78.2 cm³/mol. The Morgan fingerprint density at radius 3 is 2.57 bits per heavy atom. The lowest BCUT2D eigenvalue weighted by atomic mass is 10.1. The molecule has 2 N–H and O–H groups in total. The van der Waals surface area contributed by atoms with Crippen molar-refractivity contribution < 1.29 is 19.1 Å². The van der Waals surface area contributed by atoms with Gasteiger partial charge in [-0.05, 0) is 44.2 Å². The van der Waals surface area contributed by atoms with Gasteiger partial charge in [0.1, 0.15) is 5.75 Å². The van der Waals surface area contributed by atoms with Crippen molar-refractivity contribution in [3.8, 4) is 5.75 Å². The number of carbonyl (C=O) groups excluding carboxylic acids is 1. The van der Waals surface area contributed by atoms with Crippen molar-refractivity contribution in [1.29, 1.82) is 0 Å². The lowest BCUT2D eigenvalue weighted by Crippen LogP contribution is -2.28. The number of aliphatic hydroxyl groups is 1. The maximum absolute atomic E-state index is 12.0. The molecule has 0 spiro atoms. The summed E-state index contributed by atoms with van der Waals surface area (Å²) < 4.78 is 10.4. The topological polar surface area (TPSA) is 71.7 Å². The largest absolute Gasteiger partial charge is 0.491 e. The van der Waals surface area contributed by atoms with Crippen molar-refractivity contribution in [3.05, 3.63) is 54.0 Å². The fourth-order valence-corrected chi connectivity index (χ4v) is 1.83. The standard InChI is InChI=1S/C16H19NO4/c1-11(2)21-14-5-3-12(4-6-14)16(19)17-9-15(18)13-7-8-20-10-13/h3-8,10-11,15,18H,9H2,1-2H3,(H,17,19). The van der Waals surface area contributed by atoms with Crippen LogP contribution in [0.25, 0.3) is 0 Å². The van der Waals surface area contributed by atoms with Crippen LogP contribution in [-0.4, -0.2) is 23.7 Å². The fourth-order valence-electron chi connectivity index (χ4n) is 1.83. The van der Waals surface area contributed by atoms with Crippen molar-refractivity contribution in [1.82, 2.24) is 5.32 Å². The predicted octanol–water partition coefficient (Wildman–Crippen LogP) is 2.53. The van der Waals surface area contributed by atoms with Gasteiger partial charge >= 0.3 is 0 Å². The first-order valence-electron chi connectivity index (χ1n) is 6.81. The molecule has 5 nitrogen and oxygen atoms in total. The normalized spacial score (nSPS) is 12.2. The van der Waals surface area contributed by atoms with E-state index in [4.69, 9.17) is 9.15 Å². The molecule has 2 rings (SSSR count). The van der Waals surface area contributed by atoms with Crippen LogP contribution in [0.2, 0.25) is 0 Å². The number of furan rings is 1. The van der Waals surface area contributed by atoms with Gasteiger partial charge in [0.25, 0.3) is 5.91 Å². The molecule has 0 fully saturated rings. The van der Waals surface area contributed by atoms with E-state index in [2.05, 4.69) is 5.32 Å². The van der Waals surface area contributed by atoms with Crippen molar-refractivity contribution in [2.45, 2.75) is 26.1 Å². The Balaban J connectivity index is 1.88. The van der Waals surface area contributed by atoms with Gasteiger partial charge in [-0.25, -0.2) is 0 Å². The molecule has 1 atom stereocenters. The maximum atomic E-state index is 12.0. The molecule has 0 saturated carbocycles. The fraction of sp³-hybridized carbons (Fsp3) is 0.312. The number of benzene rings is 1. The van der Waals surface area contributed by atoms with Crippen LogP contribution in [0.15, 0.2) is 47.3 Å². The molecule has 2 aromatic rings. The summed E-state index contributed by atoms with van der Waals surface area (Å²) in [5.74, 6) is 0.480.